The van der Waals surface area contributed by atoms with Gasteiger partial charge in [0.05, 0.1) is 5.54 Å². The second kappa shape index (κ2) is 5.58. The van der Waals surface area contributed by atoms with Crippen LogP contribution in [0.5, 0.6) is 0 Å². The second-order valence-corrected chi connectivity index (χ2v) is 5.30. The fourth-order valence-corrected chi connectivity index (χ4v) is 2.12. The third-order valence-electron chi connectivity index (χ3n) is 2.31. The molecule has 0 bridgehead atoms. The minimum absolute atomic E-state index is 0.0455. The van der Waals surface area contributed by atoms with E-state index in [-0.39, 0.29) is 5.54 Å². The molecule has 0 spiro atoms. The number of nitrogens with zero attached hydrogens (tertiary/aromatic N) is 1. The van der Waals surface area contributed by atoms with Crippen molar-refractivity contribution in [3.8, 4) is 0 Å². The van der Waals surface area contributed by atoms with Crippen LogP contribution in [0.1, 0.15) is 25.8 Å². The van der Waals surface area contributed by atoms with E-state index in [0.29, 0.717) is 5.92 Å². The monoisotopic (exact) mass is 228 g/mol. The fourth-order valence-electron chi connectivity index (χ4n) is 1.38. The summed E-state index contributed by atoms with van der Waals surface area (Å²) in [6.07, 6.45) is 1.85. The Bertz CT molecular complexity index is 272. The van der Waals surface area contributed by atoms with Crippen molar-refractivity contribution < 1.29 is 4.74 Å². The molecule has 15 heavy (non-hydrogen) atoms. The van der Waals surface area contributed by atoms with Gasteiger partial charge in [-0.2, -0.15) is 0 Å². The third-order valence-corrected chi connectivity index (χ3v) is 3.41. The van der Waals surface area contributed by atoms with E-state index in [1.807, 2.05) is 11.6 Å². The van der Waals surface area contributed by atoms with E-state index in [1.54, 1.807) is 18.4 Å². The molecule has 0 aliphatic rings. The van der Waals surface area contributed by atoms with Crippen molar-refractivity contribution >= 4 is 11.3 Å². The van der Waals surface area contributed by atoms with Gasteiger partial charge in [0.15, 0.2) is 0 Å². The molecule has 86 valence electrons. The Balaban J connectivity index is 2.43. The van der Waals surface area contributed by atoms with Gasteiger partial charge in [-0.1, -0.05) is 6.92 Å². The van der Waals surface area contributed by atoms with Gasteiger partial charge in [0.1, 0.15) is 5.01 Å². The molecule has 0 aromatic carbocycles. The summed E-state index contributed by atoms with van der Waals surface area (Å²) in [5.74, 6) is 0.522. The lowest BCUT2D eigenvalue weighted by atomic mass is 10.1. The summed E-state index contributed by atoms with van der Waals surface area (Å²) >= 11 is 1.69. The number of rotatable bonds is 6. The van der Waals surface area contributed by atoms with Crippen LogP contribution < -0.4 is 5.32 Å². The predicted octanol–water partition coefficient (Wildman–Crippen LogP) is 2.25. The highest BCUT2D eigenvalue weighted by atomic mass is 32.1. The number of aromatic nitrogens is 1. The molecule has 0 aliphatic heterocycles. The molecule has 1 heterocycles. The molecule has 1 N–H and O–H groups in total. The molecule has 0 aliphatic carbocycles. The largest absolute Gasteiger partial charge is 0.384 e. The van der Waals surface area contributed by atoms with Crippen LogP contribution in [0.2, 0.25) is 0 Å². The summed E-state index contributed by atoms with van der Waals surface area (Å²) < 4.78 is 5.11. The van der Waals surface area contributed by atoms with Crippen molar-refractivity contribution in [1.82, 2.24) is 10.3 Å². The second-order valence-electron chi connectivity index (χ2n) is 4.40. The summed E-state index contributed by atoms with van der Waals surface area (Å²) in [7, 11) is 1.74. The lowest BCUT2D eigenvalue weighted by Crippen LogP contribution is -2.39. The van der Waals surface area contributed by atoms with Crippen LogP contribution in [-0.2, 0) is 10.3 Å². The predicted molar refractivity (Wildman–Crippen MR) is 64.2 cm³/mol. The average Bonchev–Trinajstić information content (AvgIpc) is 2.69. The zero-order chi connectivity index (χ0) is 11.3. The Morgan fingerprint density at radius 3 is 2.87 bits per heavy atom. The van der Waals surface area contributed by atoms with Gasteiger partial charge in [0.25, 0.3) is 0 Å². The van der Waals surface area contributed by atoms with Crippen LogP contribution in [0.25, 0.3) is 0 Å². The van der Waals surface area contributed by atoms with Gasteiger partial charge < -0.3 is 10.1 Å². The lowest BCUT2D eigenvalue weighted by molar-refractivity contribution is 0.153. The number of nitrogens with one attached hydrogen (secondary N) is 1. The van der Waals surface area contributed by atoms with Crippen molar-refractivity contribution in [2.24, 2.45) is 5.92 Å². The number of hydrogen-bond donors (Lipinski definition) is 1. The minimum Gasteiger partial charge on any atom is -0.384 e. The van der Waals surface area contributed by atoms with Crippen LogP contribution in [0.3, 0.4) is 0 Å². The first-order valence-corrected chi connectivity index (χ1v) is 6.08. The number of thiazole rings is 1. The van der Waals surface area contributed by atoms with E-state index in [9.17, 15) is 0 Å². The van der Waals surface area contributed by atoms with Gasteiger partial charge >= 0.3 is 0 Å². The van der Waals surface area contributed by atoms with Crippen LogP contribution in [-0.4, -0.2) is 25.2 Å². The molecule has 1 rings (SSSR count). The molecule has 4 heteroatoms. The Morgan fingerprint density at radius 2 is 2.33 bits per heavy atom. The molecule has 3 nitrogen and oxygen atoms in total. The van der Waals surface area contributed by atoms with E-state index in [4.69, 9.17) is 4.74 Å². The third kappa shape index (κ3) is 3.89. The summed E-state index contributed by atoms with van der Waals surface area (Å²) in [5, 5.41) is 6.66. The van der Waals surface area contributed by atoms with Gasteiger partial charge in [-0.25, -0.2) is 4.98 Å². The van der Waals surface area contributed by atoms with Crippen molar-refractivity contribution in [3.63, 3.8) is 0 Å². The summed E-state index contributed by atoms with van der Waals surface area (Å²) in [5.41, 5.74) is -0.0455. The van der Waals surface area contributed by atoms with Gasteiger partial charge in [-0.05, 0) is 19.8 Å². The highest BCUT2D eigenvalue weighted by molar-refractivity contribution is 7.09. The van der Waals surface area contributed by atoms with Crippen molar-refractivity contribution in [1.29, 1.82) is 0 Å². The highest BCUT2D eigenvalue weighted by Gasteiger charge is 2.22. The molecule has 0 amide bonds. The Morgan fingerprint density at radius 1 is 1.60 bits per heavy atom. The topological polar surface area (TPSA) is 34.1 Å². The highest BCUT2D eigenvalue weighted by Crippen LogP contribution is 2.21. The summed E-state index contributed by atoms with van der Waals surface area (Å²) in [6.45, 7) is 8.23. The Labute approximate surface area is 95.9 Å². The maximum Gasteiger partial charge on any atom is 0.112 e. The maximum absolute atomic E-state index is 5.11. The van der Waals surface area contributed by atoms with Crippen LogP contribution in [0.4, 0.5) is 0 Å². The molecule has 1 unspecified atom stereocenters. The zero-order valence-electron chi connectivity index (χ0n) is 9.91. The van der Waals surface area contributed by atoms with Gasteiger partial charge in [-0.3, -0.25) is 0 Å². The normalized spacial score (nSPS) is 14.1. The molecular weight excluding hydrogens is 208 g/mol. The SMILES string of the molecule is COCC(C)CNC(C)(C)c1nccs1. The summed E-state index contributed by atoms with van der Waals surface area (Å²) in [6, 6.07) is 0. The lowest BCUT2D eigenvalue weighted by Gasteiger charge is -2.25. The van der Waals surface area contributed by atoms with E-state index < -0.39 is 0 Å². The molecule has 1 atom stereocenters. The first kappa shape index (κ1) is 12.6. The first-order valence-electron chi connectivity index (χ1n) is 5.20. The van der Waals surface area contributed by atoms with E-state index >= 15 is 0 Å². The van der Waals surface area contributed by atoms with E-state index in [0.717, 1.165) is 18.2 Å². The van der Waals surface area contributed by atoms with E-state index in [1.165, 1.54) is 0 Å². The van der Waals surface area contributed by atoms with Crippen LogP contribution in [0.15, 0.2) is 11.6 Å². The van der Waals surface area contributed by atoms with Crippen molar-refractivity contribution in [3.05, 3.63) is 16.6 Å². The van der Waals surface area contributed by atoms with E-state index in [2.05, 4.69) is 31.1 Å². The molecule has 0 saturated carbocycles. The summed E-state index contributed by atoms with van der Waals surface area (Å²) in [4.78, 5) is 4.34. The molecule has 0 fully saturated rings. The smallest absolute Gasteiger partial charge is 0.112 e. The van der Waals surface area contributed by atoms with Crippen molar-refractivity contribution in [2.75, 3.05) is 20.3 Å². The number of ether oxygens (including phenoxy) is 1. The minimum atomic E-state index is -0.0455. The average molecular weight is 228 g/mol. The zero-order valence-corrected chi connectivity index (χ0v) is 10.7. The maximum atomic E-state index is 5.11. The molecule has 1 aromatic rings. The van der Waals surface area contributed by atoms with Crippen molar-refractivity contribution in [2.45, 2.75) is 26.3 Å². The molecule has 0 radical (unpaired) electrons. The fraction of sp³-hybridized carbons (Fsp3) is 0.727. The standard InChI is InChI=1S/C11H20N2OS/c1-9(8-14-4)7-13-11(2,3)10-12-5-6-15-10/h5-6,9,13H,7-8H2,1-4H3. The van der Waals surface area contributed by atoms with Gasteiger partial charge in [0.2, 0.25) is 0 Å². The molecule has 1 aromatic heterocycles. The van der Waals surface area contributed by atoms with Gasteiger partial charge in [0, 0.05) is 31.8 Å². The Kier molecular flexibility index (Phi) is 4.70. The Hall–Kier alpha value is -0.450. The first-order chi connectivity index (χ1) is 7.06. The van der Waals surface area contributed by atoms with Gasteiger partial charge in [-0.15, -0.1) is 11.3 Å². The number of methoxy groups -OCH3 is 1. The van der Waals surface area contributed by atoms with Crippen LogP contribution >= 0.6 is 11.3 Å². The molecule has 0 saturated heterocycles. The quantitative estimate of drug-likeness (QED) is 0.811. The number of hydrogen-bond acceptors (Lipinski definition) is 4. The molecular formula is C11H20N2OS. The van der Waals surface area contributed by atoms with Crippen LogP contribution in [0, 0.1) is 5.92 Å².